The number of ether oxygens (including phenoxy) is 2. The van der Waals surface area contributed by atoms with Gasteiger partial charge in [0.25, 0.3) is 5.91 Å². The predicted molar refractivity (Wildman–Crippen MR) is 117 cm³/mol. The van der Waals surface area contributed by atoms with Crippen LogP contribution >= 0.6 is 0 Å². The molecule has 0 radical (unpaired) electrons. The van der Waals surface area contributed by atoms with Crippen molar-refractivity contribution in [3.63, 3.8) is 0 Å². The summed E-state index contributed by atoms with van der Waals surface area (Å²) in [5.41, 5.74) is 1.37. The Morgan fingerprint density at radius 2 is 2.00 bits per heavy atom. The van der Waals surface area contributed by atoms with Gasteiger partial charge in [-0.15, -0.1) is 0 Å². The summed E-state index contributed by atoms with van der Waals surface area (Å²) in [6.45, 7) is 4.15. The quantitative estimate of drug-likeness (QED) is 0.678. The number of aryl methyl sites for hydroxylation is 1. The molecule has 2 amide bonds. The number of imidazole rings is 1. The summed E-state index contributed by atoms with van der Waals surface area (Å²) in [4.78, 5) is 33.4. The van der Waals surface area contributed by atoms with E-state index in [1.807, 2.05) is 30.6 Å². The molecule has 0 atom stereocenters. The Labute approximate surface area is 183 Å². The van der Waals surface area contributed by atoms with Crippen LogP contribution in [0.1, 0.15) is 44.2 Å². The molecule has 2 aromatic rings. The molecule has 0 unspecified atom stereocenters. The first-order valence-corrected chi connectivity index (χ1v) is 11.3. The van der Waals surface area contributed by atoms with Gasteiger partial charge >= 0.3 is 0 Å². The maximum absolute atomic E-state index is 12.9. The van der Waals surface area contributed by atoms with E-state index in [0.717, 1.165) is 17.9 Å². The van der Waals surface area contributed by atoms with Gasteiger partial charge in [0.15, 0.2) is 18.0 Å². The number of hydrogen-bond acceptors (Lipinski definition) is 5. The summed E-state index contributed by atoms with van der Waals surface area (Å²) in [6, 6.07) is 3.66. The number of carbonyl (C=O) groups is 2. The number of nitrogens with zero attached hydrogens (tertiary/aromatic N) is 4. The van der Waals surface area contributed by atoms with E-state index in [-0.39, 0.29) is 18.4 Å². The van der Waals surface area contributed by atoms with Gasteiger partial charge in [0, 0.05) is 32.8 Å². The van der Waals surface area contributed by atoms with Crippen LogP contribution in [0.4, 0.5) is 5.82 Å². The summed E-state index contributed by atoms with van der Waals surface area (Å²) >= 11 is 0. The topological polar surface area (TPSA) is 76.4 Å². The van der Waals surface area contributed by atoms with Crippen LogP contribution in [0.3, 0.4) is 0 Å². The van der Waals surface area contributed by atoms with Crippen molar-refractivity contribution in [3.05, 3.63) is 24.0 Å². The maximum Gasteiger partial charge on any atom is 0.260 e. The minimum Gasteiger partial charge on any atom is -0.480 e. The molecule has 1 saturated heterocycles. The molecule has 8 heteroatoms. The first-order chi connectivity index (χ1) is 15.0. The number of anilines is 1. The highest BCUT2D eigenvalue weighted by Crippen LogP contribution is 2.30. The normalized spacial score (nSPS) is 17.3. The van der Waals surface area contributed by atoms with E-state index in [1.165, 1.54) is 25.7 Å². The molecule has 3 heterocycles. The van der Waals surface area contributed by atoms with E-state index in [9.17, 15) is 9.59 Å². The lowest BCUT2D eigenvalue weighted by Gasteiger charge is -2.26. The first-order valence-electron chi connectivity index (χ1n) is 11.3. The lowest BCUT2D eigenvalue weighted by Crippen LogP contribution is -2.43. The summed E-state index contributed by atoms with van der Waals surface area (Å²) in [5.74, 6) is 2.00. The molecule has 31 heavy (non-hydrogen) atoms. The van der Waals surface area contributed by atoms with Crippen molar-refractivity contribution >= 4 is 23.3 Å². The van der Waals surface area contributed by atoms with Crippen molar-refractivity contribution in [3.8, 4) is 5.75 Å². The molecule has 2 aliphatic rings. The fourth-order valence-corrected chi connectivity index (χ4v) is 4.62. The second kappa shape index (κ2) is 9.68. The maximum atomic E-state index is 12.9. The first kappa shape index (κ1) is 21.6. The largest absolute Gasteiger partial charge is 0.480 e. The molecule has 168 valence electrons. The van der Waals surface area contributed by atoms with Gasteiger partial charge in [-0.05, 0) is 31.4 Å². The second-order valence-corrected chi connectivity index (χ2v) is 8.51. The zero-order valence-electron chi connectivity index (χ0n) is 18.5. The van der Waals surface area contributed by atoms with Crippen LogP contribution in [0.2, 0.25) is 0 Å². The minimum atomic E-state index is -0.0620. The molecule has 0 spiro atoms. The van der Waals surface area contributed by atoms with E-state index in [0.29, 0.717) is 50.0 Å². The highest BCUT2D eigenvalue weighted by atomic mass is 16.5. The van der Waals surface area contributed by atoms with E-state index >= 15 is 0 Å². The Morgan fingerprint density at radius 1 is 1.26 bits per heavy atom. The molecule has 0 N–H and O–H groups in total. The second-order valence-electron chi connectivity index (χ2n) is 8.51. The molecule has 1 aliphatic carbocycles. The number of fused-ring (bicyclic) bond motifs is 1. The number of hydrogen-bond donors (Lipinski definition) is 0. The highest BCUT2D eigenvalue weighted by molar-refractivity contribution is 5.93. The van der Waals surface area contributed by atoms with Crippen molar-refractivity contribution in [2.24, 2.45) is 5.92 Å². The Balaban J connectivity index is 1.45. The van der Waals surface area contributed by atoms with Crippen LogP contribution < -0.4 is 9.64 Å². The van der Waals surface area contributed by atoms with Crippen molar-refractivity contribution in [1.82, 2.24) is 14.3 Å². The van der Waals surface area contributed by atoms with Gasteiger partial charge in [-0.25, -0.2) is 4.98 Å². The van der Waals surface area contributed by atoms with Crippen molar-refractivity contribution in [1.29, 1.82) is 0 Å². The molecule has 4 rings (SSSR count). The van der Waals surface area contributed by atoms with Gasteiger partial charge < -0.3 is 14.4 Å². The number of pyridine rings is 1. The Hall–Kier alpha value is -2.61. The minimum absolute atomic E-state index is 0.0446. The summed E-state index contributed by atoms with van der Waals surface area (Å²) in [7, 11) is 1.81. The number of aromatic nitrogens is 2. The summed E-state index contributed by atoms with van der Waals surface area (Å²) < 4.78 is 13.0. The molecule has 1 saturated carbocycles. The zero-order valence-corrected chi connectivity index (χ0v) is 18.5. The van der Waals surface area contributed by atoms with Crippen LogP contribution in [0, 0.1) is 12.8 Å². The SMILES string of the molecule is Cc1nc2c(OCC(=O)N3CCOCC3)cccn2c1N(C)C(=O)CCC1CCCC1. The molecular formula is C23H32N4O4. The van der Waals surface area contributed by atoms with E-state index in [2.05, 4.69) is 4.98 Å². The predicted octanol–water partition coefficient (Wildman–Crippen LogP) is 2.81. The zero-order chi connectivity index (χ0) is 21.8. The van der Waals surface area contributed by atoms with Gasteiger partial charge in [-0.3, -0.25) is 18.9 Å². The number of rotatable bonds is 7. The van der Waals surface area contributed by atoms with E-state index < -0.39 is 0 Å². The fourth-order valence-electron chi connectivity index (χ4n) is 4.62. The Bertz CT molecular complexity index is 929. The third kappa shape index (κ3) is 4.84. The lowest BCUT2D eigenvalue weighted by molar-refractivity contribution is -0.137. The smallest absolute Gasteiger partial charge is 0.260 e. The van der Waals surface area contributed by atoms with Gasteiger partial charge in [0.2, 0.25) is 5.91 Å². The van der Waals surface area contributed by atoms with Crippen molar-refractivity contribution in [2.45, 2.75) is 45.4 Å². The van der Waals surface area contributed by atoms with Crippen molar-refractivity contribution in [2.75, 3.05) is 44.9 Å². The highest BCUT2D eigenvalue weighted by Gasteiger charge is 2.23. The summed E-state index contributed by atoms with van der Waals surface area (Å²) in [5, 5.41) is 0. The summed E-state index contributed by atoms with van der Waals surface area (Å²) in [6.07, 6.45) is 8.46. The average molecular weight is 429 g/mol. The van der Waals surface area contributed by atoms with Crippen LogP contribution in [0.5, 0.6) is 5.75 Å². The van der Waals surface area contributed by atoms with Gasteiger partial charge in [-0.2, -0.15) is 0 Å². The van der Waals surface area contributed by atoms with Gasteiger partial charge in [0.1, 0.15) is 5.82 Å². The van der Waals surface area contributed by atoms with Gasteiger partial charge in [0.05, 0.1) is 18.9 Å². The number of morpholine rings is 1. The molecule has 0 aromatic carbocycles. The fraction of sp³-hybridized carbons (Fsp3) is 0.609. The molecule has 2 aromatic heterocycles. The average Bonchev–Trinajstić information content (AvgIpc) is 3.43. The van der Waals surface area contributed by atoms with Crippen LogP contribution in [-0.4, -0.2) is 66.1 Å². The van der Waals surface area contributed by atoms with Crippen molar-refractivity contribution < 1.29 is 19.1 Å². The third-order valence-corrected chi connectivity index (χ3v) is 6.40. The molecule has 8 nitrogen and oxygen atoms in total. The number of carbonyl (C=O) groups excluding carboxylic acids is 2. The number of amides is 2. The Kier molecular flexibility index (Phi) is 6.75. The van der Waals surface area contributed by atoms with E-state index in [4.69, 9.17) is 9.47 Å². The molecule has 2 fully saturated rings. The standard InChI is InChI=1S/C23H32N4O4/c1-17-23(25(2)20(28)10-9-18-6-3-4-7-18)27-11-5-8-19(22(27)24-17)31-16-21(29)26-12-14-30-15-13-26/h5,8,11,18H,3-4,6-7,9-10,12-16H2,1-2H3. The monoisotopic (exact) mass is 428 g/mol. The molecular weight excluding hydrogens is 396 g/mol. The molecule has 0 bridgehead atoms. The Morgan fingerprint density at radius 3 is 2.74 bits per heavy atom. The van der Waals surface area contributed by atoms with Crippen LogP contribution in [-0.2, 0) is 14.3 Å². The molecule has 1 aliphatic heterocycles. The van der Waals surface area contributed by atoms with Gasteiger partial charge in [-0.1, -0.05) is 25.7 Å². The third-order valence-electron chi connectivity index (χ3n) is 6.40. The van der Waals surface area contributed by atoms with Crippen LogP contribution in [0.15, 0.2) is 18.3 Å². The van der Waals surface area contributed by atoms with Crippen LogP contribution in [0.25, 0.3) is 5.65 Å². The van der Waals surface area contributed by atoms with E-state index in [1.54, 1.807) is 15.9 Å². The lowest BCUT2D eigenvalue weighted by atomic mass is 10.0.